The molecule has 1 fully saturated rings. The summed E-state index contributed by atoms with van der Waals surface area (Å²) in [5.74, 6) is 1.40. The molecule has 1 saturated heterocycles. The largest absolute Gasteiger partial charge is 0.483 e. The number of hydrogen-bond donors (Lipinski definition) is 0. The number of carbonyl (C=O) groups excluding carboxylic acids is 1. The molecule has 1 aliphatic rings. The first-order chi connectivity index (χ1) is 16.0. The molecule has 1 aliphatic heterocycles. The van der Waals surface area contributed by atoms with Gasteiger partial charge in [0.25, 0.3) is 5.91 Å². The predicted molar refractivity (Wildman–Crippen MR) is 129 cm³/mol. The van der Waals surface area contributed by atoms with Crippen molar-refractivity contribution in [3.8, 4) is 16.9 Å². The summed E-state index contributed by atoms with van der Waals surface area (Å²) >= 11 is 0. The minimum absolute atomic E-state index is 0.0123. The highest BCUT2D eigenvalue weighted by atomic mass is 16.5. The van der Waals surface area contributed by atoms with Gasteiger partial charge in [-0.25, -0.2) is 9.97 Å². The van der Waals surface area contributed by atoms with Crippen molar-refractivity contribution >= 4 is 11.9 Å². The molecule has 1 atom stereocenters. The molecule has 7 nitrogen and oxygen atoms in total. The first-order valence-electron chi connectivity index (χ1n) is 11.4. The third-order valence-corrected chi connectivity index (χ3v) is 6.08. The van der Waals surface area contributed by atoms with Gasteiger partial charge in [-0.1, -0.05) is 18.2 Å². The molecule has 7 heteroatoms. The highest BCUT2D eigenvalue weighted by molar-refractivity contribution is 5.79. The zero-order valence-corrected chi connectivity index (χ0v) is 19.8. The van der Waals surface area contributed by atoms with E-state index in [0.29, 0.717) is 12.5 Å². The van der Waals surface area contributed by atoms with Gasteiger partial charge in [-0.2, -0.15) is 0 Å². The maximum absolute atomic E-state index is 13.4. The van der Waals surface area contributed by atoms with Crippen LogP contribution < -0.4 is 9.64 Å². The van der Waals surface area contributed by atoms with Crippen LogP contribution in [0.1, 0.15) is 42.1 Å². The highest BCUT2D eigenvalue weighted by Gasteiger charge is 2.32. The van der Waals surface area contributed by atoms with E-state index in [2.05, 4.69) is 9.97 Å². The molecular weight excluding hydrogens is 414 g/mol. The number of amides is 1. The van der Waals surface area contributed by atoms with Crippen LogP contribution in [0.4, 0.5) is 5.95 Å². The Labute approximate surface area is 195 Å². The maximum Gasteiger partial charge on any atom is 0.261 e. The van der Waals surface area contributed by atoms with E-state index in [0.717, 1.165) is 53.0 Å². The van der Waals surface area contributed by atoms with Gasteiger partial charge in [-0.05, 0) is 61.9 Å². The second kappa shape index (κ2) is 9.98. The summed E-state index contributed by atoms with van der Waals surface area (Å²) in [6, 6.07) is 9.78. The Balaban J connectivity index is 1.65. The number of pyridine rings is 1. The van der Waals surface area contributed by atoms with E-state index in [-0.39, 0.29) is 18.6 Å². The molecule has 3 aromatic rings. The lowest BCUT2D eigenvalue weighted by Gasteiger charge is -2.36. The normalized spacial score (nSPS) is 15.9. The molecule has 2 aromatic heterocycles. The third-order valence-electron chi connectivity index (χ3n) is 6.08. The van der Waals surface area contributed by atoms with Crippen LogP contribution in [0.2, 0.25) is 0 Å². The summed E-state index contributed by atoms with van der Waals surface area (Å²) in [5.41, 5.74) is 4.87. The van der Waals surface area contributed by atoms with E-state index in [9.17, 15) is 4.79 Å². The zero-order valence-electron chi connectivity index (χ0n) is 19.8. The van der Waals surface area contributed by atoms with Crippen molar-refractivity contribution in [2.24, 2.45) is 0 Å². The maximum atomic E-state index is 13.4. The molecule has 0 aliphatic carbocycles. The van der Waals surface area contributed by atoms with Crippen molar-refractivity contribution in [2.75, 3.05) is 32.1 Å². The Morgan fingerprint density at radius 2 is 1.85 bits per heavy atom. The molecule has 1 amide bonds. The Hall–Kier alpha value is -3.48. The van der Waals surface area contributed by atoms with Gasteiger partial charge in [0.1, 0.15) is 5.75 Å². The average molecular weight is 446 g/mol. The number of benzene rings is 1. The third kappa shape index (κ3) is 4.97. The second-order valence-electron chi connectivity index (χ2n) is 8.71. The van der Waals surface area contributed by atoms with Gasteiger partial charge in [0, 0.05) is 44.8 Å². The Bertz CT molecular complexity index is 1100. The zero-order chi connectivity index (χ0) is 23.4. The van der Waals surface area contributed by atoms with E-state index in [4.69, 9.17) is 9.72 Å². The number of rotatable bonds is 6. The van der Waals surface area contributed by atoms with Crippen molar-refractivity contribution in [2.45, 2.75) is 39.2 Å². The van der Waals surface area contributed by atoms with E-state index in [1.54, 1.807) is 12.4 Å². The lowest BCUT2D eigenvalue weighted by molar-refractivity contribution is -0.137. The minimum atomic E-state index is -0.127. The summed E-state index contributed by atoms with van der Waals surface area (Å²) in [7, 11) is 3.85. The van der Waals surface area contributed by atoms with Gasteiger partial charge < -0.3 is 14.5 Å². The minimum Gasteiger partial charge on any atom is -0.483 e. The van der Waals surface area contributed by atoms with Crippen LogP contribution in [0.15, 0.2) is 48.9 Å². The van der Waals surface area contributed by atoms with Crippen LogP contribution >= 0.6 is 0 Å². The van der Waals surface area contributed by atoms with E-state index in [1.165, 1.54) is 0 Å². The fraction of sp³-hybridized carbons (Fsp3) is 0.385. The van der Waals surface area contributed by atoms with Crippen molar-refractivity contribution < 1.29 is 9.53 Å². The van der Waals surface area contributed by atoms with Crippen LogP contribution in [-0.2, 0) is 4.79 Å². The standard InChI is InChI=1S/C26H31N5O2/c1-18-8-7-9-19(2)25(18)33-17-23(32)31-15-6-5-10-22(31)24-21(20-11-13-27-14-12-20)16-28-26(29-24)30(3)4/h7-9,11-14,16,22H,5-6,10,15,17H2,1-4H3. The summed E-state index contributed by atoms with van der Waals surface area (Å²) in [4.78, 5) is 30.8. The van der Waals surface area contributed by atoms with Crippen LogP contribution in [0.3, 0.4) is 0 Å². The van der Waals surface area contributed by atoms with Gasteiger partial charge in [0.2, 0.25) is 5.95 Å². The van der Waals surface area contributed by atoms with Gasteiger partial charge in [0.05, 0.1) is 11.7 Å². The molecule has 0 N–H and O–H groups in total. The molecule has 4 rings (SSSR count). The van der Waals surface area contributed by atoms with Crippen LogP contribution in [0.25, 0.3) is 11.1 Å². The predicted octanol–water partition coefficient (Wildman–Crippen LogP) is 4.35. The van der Waals surface area contributed by atoms with E-state index < -0.39 is 0 Å². The molecule has 1 aromatic carbocycles. The molecular formula is C26H31N5O2. The molecule has 1 unspecified atom stereocenters. The number of anilines is 1. The first kappa shape index (κ1) is 22.7. The summed E-state index contributed by atoms with van der Waals surface area (Å²) in [6.45, 7) is 4.71. The molecule has 33 heavy (non-hydrogen) atoms. The van der Waals surface area contributed by atoms with Crippen LogP contribution in [0.5, 0.6) is 5.75 Å². The smallest absolute Gasteiger partial charge is 0.261 e. The average Bonchev–Trinajstić information content (AvgIpc) is 2.83. The quantitative estimate of drug-likeness (QED) is 0.562. The van der Waals surface area contributed by atoms with Gasteiger partial charge in [-0.15, -0.1) is 0 Å². The number of aryl methyl sites for hydroxylation is 2. The molecule has 3 heterocycles. The Kier molecular flexibility index (Phi) is 6.87. The lowest BCUT2D eigenvalue weighted by Crippen LogP contribution is -2.41. The summed E-state index contributed by atoms with van der Waals surface area (Å²) in [6.07, 6.45) is 8.27. The number of nitrogens with zero attached hydrogens (tertiary/aromatic N) is 5. The van der Waals surface area contributed by atoms with Crippen molar-refractivity contribution in [3.63, 3.8) is 0 Å². The fourth-order valence-electron chi connectivity index (χ4n) is 4.37. The molecule has 0 bridgehead atoms. The number of piperidine rings is 1. The SMILES string of the molecule is Cc1cccc(C)c1OCC(=O)N1CCCCC1c1nc(N(C)C)ncc1-c1ccncc1. The number of likely N-dealkylation sites (tertiary alicyclic amines) is 1. The monoisotopic (exact) mass is 445 g/mol. The number of para-hydroxylation sites is 1. The molecule has 172 valence electrons. The number of carbonyl (C=O) groups is 1. The van der Waals surface area contributed by atoms with Gasteiger partial charge >= 0.3 is 0 Å². The second-order valence-corrected chi connectivity index (χ2v) is 8.71. The van der Waals surface area contributed by atoms with Crippen LogP contribution in [0, 0.1) is 13.8 Å². The lowest BCUT2D eigenvalue weighted by atomic mass is 9.94. The van der Waals surface area contributed by atoms with Crippen molar-refractivity contribution in [3.05, 3.63) is 65.7 Å². The first-order valence-corrected chi connectivity index (χ1v) is 11.4. The van der Waals surface area contributed by atoms with Crippen LogP contribution in [-0.4, -0.2) is 53.0 Å². The Morgan fingerprint density at radius 3 is 2.55 bits per heavy atom. The van der Waals surface area contributed by atoms with Gasteiger partial charge in [-0.3, -0.25) is 9.78 Å². The number of aromatic nitrogens is 3. The number of ether oxygens (including phenoxy) is 1. The summed E-state index contributed by atoms with van der Waals surface area (Å²) in [5, 5.41) is 0. The summed E-state index contributed by atoms with van der Waals surface area (Å²) < 4.78 is 6.00. The van der Waals surface area contributed by atoms with E-state index in [1.807, 2.05) is 74.3 Å². The topological polar surface area (TPSA) is 71.5 Å². The Morgan fingerprint density at radius 1 is 1.12 bits per heavy atom. The highest BCUT2D eigenvalue weighted by Crippen LogP contribution is 2.36. The fourth-order valence-corrected chi connectivity index (χ4v) is 4.37. The van der Waals surface area contributed by atoms with Crippen molar-refractivity contribution in [1.82, 2.24) is 19.9 Å². The van der Waals surface area contributed by atoms with Crippen molar-refractivity contribution in [1.29, 1.82) is 0 Å². The molecule has 0 radical (unpaired) electrons. The van der Waals surface area contributed by atoms with E-state index >= 15 is 0 Å². The van der Waals surface area contributed by atoms with Gasteiger partial charge in [0.15, 0.2) is 6.61 Å². The molecule has 0 saturated carbocycles. The number of hydrogen-bond acceptors (Lipinski definition) is 6. The molecule has 0 spiro atoms.